The van der Waals surface area contributed by atoms with E-state index in [0.717, 1.165) is 26.1 Å². The fraction of sp³-hybridized carbons (Fsp3) is 0.421. The Balaban J connectivity index is 1.59. The van der Waals surface area contributed by atoms with Crippen molar-refractivity contribution in [3.8, 4) is 5.75 Å². The van der Waals surface area contributed by atoms with E-state index in [1.54, 1.807) is 0 Å². The number of benzene rings is 1. The van der Waals surface area contributed by atoms with Crippen molar-refractivity contribution in [2.24, 2.45) is 0 Å². The molecule has 0 aliphatic carbocycles. The molecule has 0 amide bonds. The fourth-order valence-electron chi connectivity index (χ4n) is 3.34. The molecule has 33 heavy (non-hydrogen) atoms. The smallest absolute Gasteiger partial charge is 0.493 e. The monoisotopic (exact) mass is 469 g/mol. The number of morpholine rings is 1. The number of H-pyrrole nitrogens is 1. The second-order valence-corrected chi connectivity index (χ2v) is 7.18. The molecule has 0 spiro atoms. The van der Waals surface area contributed by atoms with Crippen LogP contribution < -0.4 is 20.6 Å². The van der Waals surface area contributed by atoms with E-state index >= 15 is 0 Å². The molecule has 4 rings (SSSR count). The van der Waals surface area contributed by atoms with Gasteiger partial charge in [-0.1, -0.05) is 4.85 Å². The molecular formula is C19H18F3N5O6. The zero-order chi connectivity index (χ0) is 23.6. The molecule has 0 atom stereocenters. The molecule has 1 aliphatic rings. The van der Waals surface area contributed by atoms with E-state index in [0.29, 0.717) is 25.6 Å². The Bertz CT molecular complexity index is 1300. The third kappa shape index (κ3) is 4.96. The van der Waals surface area contributed by atoms with Crippen molar-refractivity contribution in [3.63, 3.8) is 0 Å². The first-order chi connectivity index (χ1) is 15.7. The number of rotatable bonds is 6. The summed E-state index contributed by atoms with van der Waals surface area (Å²) in [6.45, 7) is 4.34. The lowest BCUT2D eigenvalue weighted by molar-refractivity contribution is -0.201. The van der Waals surface area contributed by atoms with Gasteiger partial charge in [-0.25, -0.2) is 4.79 Å². The van der Waals surface area contributed by atoms with Crippen molar-refractivity contribution < 1.29 is 32.3 Å². The maximum atomic E-state index is 12.9. The number of nitrogens with one attached hydrogen (secondary N) is 1. The molecule has 0 saturated carbocycles. The average Bonchev–Trinajstić information content (AvgIpc) is 3.16. The van der Waals surface area contributed by atoms with Crippen LogP contribution in [0.5, 0.6) is 5.75 Å². The van der Waals surface area contributed by atoms with Gasteiger partial charge in [0.15, 0.2) is 11.0 Å². The molecule has 14 heteroatoms. The third-order valence-corrected chi connectivity index (χ3v) is 4.95. The van der Waals surface area contributed by atoms with Crippen molar-refractivity contribution in [1.82, 2.24) is 25.0 Å². The van der Waals surface area contributed by atoms with E-state index in [4.69, 9.17) is 9.47 Å². The van der Waals surface area contributed by atoms with Gasteiger partial charge < -0.3 is 19.3 Å². The molecule has 0 bridgehead atoms. The number of hydrogen-bond acceptors (Lipinski definition) is 9. The largest absolute Gasteiger partial charge is 0.493 e. The van der Waals surface area contributed by atoms with Gasteiger partial charge in [-0.05, 0) is 23.8 Å². The third-order valence-electron chi connectivity index (χ3n) is 4.95. The van der Waals surface area contributed by atoms with Crippen molar-refractivity contribution in [2.75, 3.05) is 39.5 Å². The first kappa shape index (κ1) is 22.7. The number of hydrogen-bond donors (Lipinski definition) is 1. The second-order valence-electron chi connectivity index (χ2n) is 7.18. The molecule has 1 N–H and O–H groups in total. The molecule has 1 aromatic carbocycles. The molecule has 176 valence electrons. The summed E-state index contributed by atoms with van der Waals surface area (Å²) >= 11 is 0. The fourth-order valence-corrected chi connectivity index (χ4v) is 3.34. The van der Waals surface area contributed by atoms with E-state index in [9.17, 15) is 27.6 Å². The summed E-state index contributed by atoms with van der Waals surface area (Å²) in [4.78, 5) is 45.3. The average molecular weight is 469 g/mol. The zero-order valence-corrected chi connectivity index (χ0v) is 17.1. The van der Waals surface area contributed by atoms with Gasteiger partial charge >= 0.3 is 12.1 Å². The molecule has 2 aromatic heterocycles. The van der Waals surface area contributed by atoms with Gasteiger partial charge in [0.1, 0.15) is 5.75 Å². The van der Waals surface area contributed by atoms with Crippen LogP contribution >= 0.6 is 0 Å². The van der Waals surface area contributed by atoms with Gasteiger partial charge in [0.05, 0.1) is 25.3 Å². The Labute approximate surface area is 182 Å². The number of nitrogens with zero attached hydrogens (tertiary/aromatic N) is 4. The molecule has 1 aliphatic heterocycles. The van der Waals surface area contributed by atoms with Gasteiger partial charge in [-0.3, -0.25) is 14.5 Å². The maximum absolute atomic E-state index is 12.9. The number of carbonyl (C=O) groups is 1. The van der Waals surface area contributed by atoms with Crippen LogP contribution in [-0.2, 0) is 9.53 Å². The zero-order valence-electron chi connectivity index (χ0n) is 17.1. The van der Waals surface area contributed by atoms with E-state index < -0.39 is 34.2 Å². The van der Waals surface area contributed by atoms with Crippen molar-refractivity contribution in [1.29, 1.82) is 0 Å². The normalized spacial score (nSPS) is 15.1. The second kappa shape index (κ2) is 9.15. The van der Waals surface area contributed by atoms with Crippen LogP contribution in [0.15, 0.2) is 27.8 Å². The first-order valence-corrected chi connectivity index (χ1v) is 9.92. The van der Waals surface area contributed by atoms with Gasteiger partial charge in [0.2, 0.25) is 5.43 Å². The van der Waals surface area contributed by atoms with Crippen LogP contribution in [0.4, 0.5) is 13.2 Å². The molecular weight excluding hydrogens is 451 g/mol. The standard InChI is InChI=1S/C19H18F3N5O6/c20-19(21,22)18(30)33-27-15-14(24-25-27)17(29)23-13-10-11(2-3-12(13)16(15)28)32-7-1-4-26-5-8-31-9-6-26/h2-3,10H,1,4-9H2,(H,23,29). The highest BCUT2D eigenvalue weighted by atomic mass is 19.4. The van der Waals surface area contributed by atoms with E-state index in [1.165, 1.54) is 18.2 Å². The minimum atomic E-state index is -5.33. The predicted octanol–water partition coefficient (Wildman–Crippen LogP) is 0.252. The molecule has 1 fully saturated rings. The summed E-state index contributed by atoms with van der Waals surface area (Å²) < 4.78 is 48.6. The quantitative estimate of drug-likeness (QED) is 0.399. The number of aromatic nitrogens is 4. The van der Waals surface area contributed by atoms with Crippen LogP contribution in [0, 0.1) is 0 Å². The van der Waals surface area contributed by atoms with E-state index in [2.05, 4.69) is 25.0 Å². The Morgan fingerprint density at radius 1 is 1.21 bits per heavy atom. The first-order valence-electron chi connectivity index (χ1n) is 9.92. The number of alkyl halides is 3. The minimum absolute atomic E-state index is 0.00177. The van der Waals surface area contributed by atoms with Crippen LogP contribution in [0.2, 0.25) is 0 Å². The number of fused-ring (bicyclic) bond motifs is 2. The molecule has 0 unspecified atom stereocenters. The summed E-state index contributed by atoms with van der Waals surface area (Å²) in [7, 11) is 0. The number of aromatic amines is 1. The lowest BCUT2D eigenvalue weighted by Crippen LogP contribution is -2.37. The predicted molar refractivity (Wildman–Crippen MR) is 107 cm³/mol. The van der Waals surface area contributed by atoms with Crippen molar-refractivity contribution >= 4 is 27.9 Å². The van der Waals surface area contributed by atoms with E-state index in [-0.39, 0.29) is 15.7 Å². The van der Waals surface area contributed by atoms with Gasteiger partial charge in [-0.15, -0.1) is 5.10 Å². The number of carbonyl (C=O) groups excluding carboxylic acids is 1. The lowest BCUT2D eigenvalue weighted by Gasteiger charge is -2.26. The minimum Gasteiger partial charge on any atom is -0.493 e. The number of ether oxygens (including phenoxy) is 2. The summed E-state index contributed by atoms with van der Waals surface area (Å²) in [5.74, 6) is -2.23. The van der Waals surface area contributed by atoms with Gasteiger partial charge in [0, 0.05) is 31.1 Å². The SMILES string of the molecule is O=C(On1nnc2c(=O)[nH]c3cc(OCCCN4CCOCC4)ccc3c(=O)c21)C(F)(F)F. The molecule has 0 radical (unpaired) electrons. The topological polar surface area (TPSA) is 129 Å². The molecule has 11 nitrogen and oxygen atoms in total. The van der Waals surface area contributed by atoms with Gasteiger partial charge in [0.25, 0.3) is 5.56 Å². The summed E-state index contributed by atoms with van der Waals surface area (Å²) in [6, 6.07) is 4.25. The lowest BCUT2D eigenvalue weighted by atomic mass is 10.2. The van der Waals surface area contributed by atoms with Crippen LogP contribution in [0.3, 0.4) is 0 Å². The Morgan fingerprint density at radius 3 is 2.70 bits per heavy atom. The Kier molecular flexibility index (Phi) is 6.29. The number of halogens is 3. The highest BCUT2D eigenvalue weighted by molar-refractivity contribution is 5.87. The highest BCUT2D eigenvalue weighted by Gasteiger charge is 2.42. The van der Waals surface area contributed by atoms with Crippen LogP contribution in [-0.4, -0.2) is 76.6 Å². The van der Waals surface area contributed by atoms with Crippen LogP contribution in [0.25, 0.3) is 21.9 Å². The summed E-state index contributed by atoms with van der Waals surface area (Å²) in [5.41, 5.74) is -3.03. The Morgan fingerprint density at radius 2 is 1.97 bits per heavy atom. The van der Waals surface area contributed by atoms with Gasteiger partial charge in [-0.2, -0.15) is 13.2 Å². The summed E-state index contributed by atoms with van der Waals surface area (Å²) in [5, 5.41) is 6.50. The molecule has 1 saturated heterocycles. The maximum Gasteiger partial charge on any atom is 0.493 e. The Hall–Kier alpha value is -3.52. The summed E-state index contributed by atoms with van der Waals surface area (Å²) in [6.07, 6.45) is -4.58. The van der Waals surface area contributed by atoms with Crippen molar-refractivity contribution in [3.05, 3.63) is 38.8 Å². The van der Waals surface area contributed by atoms with Crippen molar-refractivity contribution in [2.45, 2.75) is 12.6 Å². The van der Waals surface area contributed by atoms with E-state index in [1.807, 2.05) is 0 Å². The molecule has 3 aromatic rings. The molecule has 3 heterocycles. The highest BCUT2D eigenvalue weighted by Crippen LogP contribution is 2.18. The van der Waals surface area contributed by atoms with Crippen LogP contribution in [0.1, 0.15) is 6.42 Å².